The fourth-order valence-corrected chi connectivity index (χ4v) is 4.37. The van der Waals surface area contributed by atoms with Gasteiger partial charge < -0.3 is 14.4 Å². The molecule has 1 aromatic carbocycles. The van der Waals surface area contributed by atoms with Gasteiger partial charge in [0.05, 0.1) is 18.4 Å². The average Bonchev–Trinajstić information content (AvgIpc) is 3.29. The second-order valence-corrected chi connectivity index (χ2v) is 7.39. The minimum atomic E-state index is -0.0814. The third-order valence-corrected chi connectivity index (χ3v) is 5.82. The number of aliphatic hydroxyl groups is 1. The smallest absolute Gasteiger partial charge is 0.257 e. The lowest BCUT2D eigenvalue weighted by Gasteiger charge is -2.42. The number of rotatable bonds is 4. The summed E-state index contributed by atoms with van der Waals surface area (Å²) in [6, 6.07) is 12.1. The van der Waals surface area contributed by atoms with Gasteiger partial charge in [0, 0.05) is 38.1 Å². The van der Waals surface area contributed by atoms with E-state index >= 15 is 0 Å². The van der Waals surface area contributed by atoms with Gasteiger partial charge in [-0.25, -0.2) is 0 Å². The zero-order valence-corrected chi connectivity index (χ0v) is 14.3. The van der Waals surface area contributed by atoms with E-state index in [0.29, 0.717) is 24.6 Å². The van der Waals surface area contributed by atoms with E-state index in [-0.39, 0.29) is 17.9 Å². The van der Waals surface area contributed by atoms with Crippen LogP contribution in [0, 0.1) is 11.3 Å². The van der Waals surface area contributed by atoms with Crippen LogP contribution in [-0.4, -0.2) is 53.6 Å². The maximum atomic E-state index is 12.6. The standard InChI is InChI=1S/C20H24N2O3/c23-15-20-7-8-22(19(24)17-6-9-25-13-17)12-18(20)11-21(14-20)10-16-4-2-1-3-5-16/h1-6,9,13,18,23H,7-8,10-12,14-15H2/t18-,20-/m0/s1. The molecule has 1 aromatic heterocycles. The van der Waals surface area contributed by atoms with E-state index < -0.39 is 0 Å². The minimum absolute atomic E-state index is 0.0294. The SMILES string of the molecule is O=C(c1ccoc1)N1CC[C@@]2(CO)CN(Cc3ccccc3)C[C@H]2C1. The molecule has 1 N–H and O–H groups in total. The molecule has 25 heavy (non-hydrogen) atoms. The van der Waals surface area contributed by atoms with Crippen LogP contribution in [-0.2, 0) is 6.54 Å². The van der Waals surface area contributed by atoms with E-state index in [4.69, 9.17) is 4.42 Å². The van der Waals surface area contributed by atoms with Crippen molar-refractivity contribution in [2.24, 2.45) is 11.3 Å². The number of piperidine rings is 1. The van der Waals surface area contributed by atoms with E-state index in [1.807, 2.05) is 11.0 Å². The second-order valence-electron chi connectivity index (χ2n) is 7.39. The molecular formula is C20H24N2O3. The van der Waals surface area contributed by atoms with Gasteiger partial charge in [0.15, 0.2) is 0 Å². The molecule has 0 spiro atoms. The molecule has 2 aliphatic rings. The van der Waals surface area contributed by atoms with E-state index in [0.717, 1.165) is 26.1 Å². The lowest BCUT2D eigenvalue weighted by molar-refractivity contribution is 0.0177. The summed E-state index contributed by atoms with van der Waals surface area (Å²) in [6.07, 6.45) is 3.89. The zero-order chi connectivity index (χ0) is 17.3. The first kappa shape index (κ1) is 16.4. The lowest BCUT2D eigenvalue weighted by atomic mass is 9.73. The van der Waals surface area contributed by atoms with Crippen molar-refractivity contribution in [3.05, 3.63) is 60.1 Å². The number of carbonyl (C=O) groups is 1. The van der Waals surface area contributed by atoms with Crippen molar-refractivity contribution >= 4 is 5.91 Å². The first-order valence-corrected chi connectivity index (χ1v) is 8.89. The molecule has 2 saturated heterocycles. The van der Waals surface area contributed by atoms with Crippen molar-refractivity contribution in [2.45, 2.75) is 13.0 Å². The summed E-state index contributed by atoms with van der Waals surface area (Å²) in [5.74, 6) is 0.340. The van der Waals surface area contributed by atoms with Crippen LogP contribution in [0.3, 0.4) is 0 Å². The van der Waals surface area contributed by atoms with Gasteiger partial charge in [-0.15, -0.1) is 0 Å². The Labute approximate surface area is 147 Å². The summed E-state index contributed by atoms with van der Waals surface area (Å²) >= 11 is 0. The van der Waals surface area contributed by atoms with Crippen LogP contribution in [0.25, 0.3) is 0 Å². The number of amides is 1. The summed E-state index contributed by atoms with van der Waals surface area (Å²) in [5.41, 5.74) is 1.82. The molecule has 1 amide bonds. The van der Waals surface area contributed by atoms with Gasteiger partial charge in [-0.1, -0.05) is 30.3 Å². The molecule has 0 aliphatic carbocycles. The monoisotopic (exact) mass is 340 g/mol. The van der Waals surface area contributed by atoms with Crippen LogP contribution in [0.5, 0.6) is 0 Å². The molecule has 0 radical (unpaired) electrons. The number of carbonyl (C=O) groups excluding carboxylic acids is 1. The summed E-state index contributed by atoms with van der Waals surface area (Å²) in [4.78, 5) is 16.9. The molecule has 2 aromatic rings. The molecule has 2 aliphatic heterocycles. The Morgan fingerprint density at radius 1 is 1.24 bits per heavy atom. The molecule has 4 rings (SSSR count). The summed E-state index contributed by atoms with van der Waals surface area (Å²) in [6.45, 7) is 4.31. The highest BCUT2D eigenvalue weighted by molar-refractivity contribution is 5.93. The maximum Gasteiger partial charge on any atom is 0.257 e. The Bertz CT molecular complexity index is 716. The van der Waals surface area contributed by atoms with E-state index in [2.05, 4.69) is 29.2 Å². The van der Waals surface area contributed by atoms with Gasteiger partial charge in [-0.2, -0.15) is 0 Å². The van der Waals surface area contributed by atoms with Crippen molar-refractivity contribution in [2.75, 3.05) is 32.8 Å². The normalized spacial score (nSPS) is 26.6. The van der Waals surface area contributed by atoms with Gasteiger partial charge in [0.1, 0.15) is 6.26 Å². The minimum Gasteiger partial charge on any atom is -0.472 e. The predicted molar refractivity (Wildman–Crippen MR) is 94.0 cm³/mol. The number of nitrogens with zero attached hydrogens (tertiary/aromatic N) is 2. The van der Waals surface area contributed by atoms with Gasteiger partial charge >= 0.3 is 0 Å². The largest absolute Gasteiger partial charge is 0.472 e. The quantitative estimate of drug-likeness (QED) is 0.927. The Hall–Kier alpha value is -2.11. The summed E-state index contributed by atoms with van der Waals surface area (Å²) in [7, 11) is 0. The number of likely N-dealkylation sites (tertiary alicyclic amines) is 2. The number of hydrogen-bond donors (Lipinski definition) is 1. The molecule has 0 saturated carbocycles. The molecule has 0 unspecified atom stereocenters. The van der Waals surface area contributed by atoms with Gasteiger partial charge in [-0.05, 0) is 24.0 Å². The summed E-state index contributed by atoms with van der Waals surface area (Å²) < 4.78 is 5.04. The highest BCUT2D eigenvalue weighted by atomic mass is 16.3. The average molecular weight is 340 g/mol. The van der Waals surface area contributed by atoms with Crippen LogP contribution in [0.2, 0.25) is 0 Å². The zero-order valence-electron chi connectivity index (χ0n) is 14.3. The van der Waals surface area contributed by atoms with Gasteiger partial charge in [0.2, 0.25) is 0 Å². The Kier molecular flexibility index (Phi) is 4.36. The first-order valence-electron chi connectivity index (χ1n) is 8.89. The van der Waals surface area contributed by atoms with Crippen LogP contribution >= 0.6 is 0 Å². The number of furan rings is 1. The number of aliphatic hydroxyl groups excluding tert-OH is 1. The highest BCUT2D eigenvalue weighted by Crippen LogP contribution is 2.43. The number of fused-ring (bicyclic) bond motifs is 1. The van der Waals surface area contributed by atoms with Crippen molar-refractivity contribution in [1.82, 2.24) is 9.80 Å². The fraction of sp³-hybridized carbons (Fsp3) is 0.450. The van der Waals surface area contributed by atoms with Gasteiger partial charge in [0.25, 0.3) is 5.91 Å². The van der Waals surface area contributed by atoms with Crippen LogP contribution in [0.1, 0.15) is 22.3 Å². The van der Waals surface area contributed by atoms with E-state index in [9.17, 15) is 9.90 Å². The van der Waals surface area contributed by atoms with E-state index in [1.165, 1.54) is 18.1 Å². The molecule has 5 nitrogen and oxygen atoms in total. The lowest BCUT2D eigenvalue weighted by Crippen LogP contribution is -2.50. The van der Waals surface area contributed by atoms with Crippen molar-refractivity contribution in [3.63, 3.8) is 0 Å². The highest BCUT2D eigenvalue weighted by Gasteiger charge is 2.49. The Balaban J connectivity index is 1.46. The Morgan fingerprint density at radius 3 is 2.80 bits per heavy atom. The van der Waals surface area contributed by atoms with Gasteiger partial charge in [-0.3, -0.25) is 9.69 Å². The molecule has 5 heteroatoms. The second kappa shape index (κ2) is 6.65. The number of benzene rings is 1. The predicted octanol–water partition coefficient (Wildman–Crippen LogP) is 2.24. The van der Waals surface area contributed by atoms with Crippen molar-refractivity contribution in [3.8, 4) is 0 Å². The Morgan fingerprint density at radius 2 is 2.08 bits per heavy atom. The molecular weight excluding hydrogens is 316 g/mol. The van der Waals surface area contributed by atoms with Crippen molar-refractivity contribution < 1.29 is 14.3 Å². The van der Waals surface area contributed by atoms with Crippen LogP contribution in [0.15, 0.2) is 53.3 Å². The number of hydrogen-bond acceptors (Lipinski definition) is 4. The van der Waals surface area contributed by atoms with Crippen LogP contribution < -0.4 is 0 Å². The molecule has 2 atom stereocenters. The molecule has 0 bridgehead atoms. The third kappa shape index (κ3) is 3.10. The molecule has 3 heterocycles. The third-order valence-electron chi connectivity index (χ3n) is 5.82. The van der Waals surface area contributed by atoms with Crippen molar-refractivity contribution in [1.29, 1.82) is 0 Å². The van der Waals surface area contributed by atoms with Crippen LogP contribution in [0.4, 0.5) is 0 Å². The topological polar surface area (TPSA) is 56.9 Å². The fourth-order valence-electron chi connectivity index (χ4n) is 4.37. The molecule has 2 fully saturated rings. The maximum absolute atomic E-state index is 12.6. The summed E-state index contributed by atoms with van der Waals surface area (Å²) in [5, 5.41) is 10.1. The first-order chi connectivity index (χ1) is 12.2. The van der Waals surface area contributed by atoms with E-state index in [1.54, 1.807) is 6.07 Å². The molecule has 132 valence electrons.